The molecule has 1 aromatic carbocycles. The summed E-state index contributed by atoms with van der Waals surface area (Å²) >= 11 is 1.70. The fourth-order valence-electron chi connectivity index (χ4n) is 4.34. The minimum Gasteiger partial charge on any atom is -0.504 e. The van der Waals surface area contributed by atoms with E-state index < -0.39 is 11.9 Å². The number of allylic oxidation sites excluding steroid dienone is 3. The first-order chi connectivity index (χ1) is 14.7. The predicted molar refractivity (Wildman–Crippen MR) is 122 cm³/mol. The summed E-state index contributed by atoms with van der Waals surface area (Å²) in [5.74, 6) is 0.956. The fraction of sp³-hybridized carbons (Fsp3) is 0.500. The zero-order valence-electron chi connectivity index (χ0n) is 18.8. The van der Waals surface area contributed by atoms with Gasteiger partial charge in [0.2, 0.25) is 0 Å². The number of aromatic hydroxyl groups is 1. The van der Waals surface area contributed by atoms with Crippen molar-refractivity contribution in [3.8, 4) is 11.5 Å². The van der Waals surface area contributed by atoms with Crippen molar-refractivity contribution >= 4 is 23.5 Å². The highest BCUT2D eigenvalue weighted by molar-refractivity contribution is 7.99. The number of carbonyl (C=O) groups is 2. The average Bonchev–Trinajstić information content (AvgIpc) is 2.69. The molecule has 1 aliphatic carbocycles. The maximum Gasteiger partial charge on any atom is 0.336 e. The molecular formula is C24H31NO5S. The molecule has 0 bridgehead atoms. The van der Waals surface area contributed by atoms with Crippen LogP contribution in [0.25, 0.3) is 0 Å². The summed E-state index contributed by atoms with van der Waals surface area (Å²) in [6, 6.07) is 5.01. The van der Waals surface area contributed by atoms with Gasteiger partial charge in [-0.1, -0.05) is 26.8 Å². The monoisotopic (exact) mass is 445 g/mol. The maximum absolute atomic E-state index is 13.2. The Bertz CT molecular complexity index is 947. The van der Waals surface area contributed by atoms with Gasteiger partial charge in [-0.05, 0) is 42.2 Å². The number of hydrogen-bond acceptors (Lipinski definition) is 7. The summed E-state index contributed by atoms with van der Waals surface area (Å²) in [6.45, 7) is 8.34. The number of nitrogens with one attached hydrogen (secondary N) is 1. The average molecular weight is 446 g/mol. The van der Waals surface area contributed by atoms with Crippen LogP contribution in [0.2, 0.25) is 0 Å². The first-order valence-corrected chi connectivity index (χ1v) is 11.7. The van der Waals surface area contributed by atoms with Gasteiger partial charge >= 0.3 is 5.97 Å². The summed E-state index contributed by atoms with van der Waals surface area (Å²) in [4.78, 5) is 26.4. The number of phenolic OH excluding ortho intramolecular Hbond substituents is 1. The molecule has 0 spiro atoms. The van der Waals surface area contributed by atoms with Crippen molar-refractivity contribution in [3.05, 3.63) is 46.3 Å². The zero-order valence-corrected chi connectivity index (χ0v) is 19.6. The summed E-state index contributed by atoms with van der Waals surface area (Å²) in [5, 5.41) is 13.7. The van der Waals surface area contributed by atoms with E-state index in [1.54, 1.807) is 30.0 Å². The van der Waals surface area contributed by atoms with Crippen LogP contribution in [0.3, 0.4) is 0 Å². The molecule has 0 fully saturated rings. The number of Topliss-reactive ketones (excluding diaryl/α,β-unsaturated/α-hetero) is 1. The van der Waals surface area contributed by atoms with Crippen molar-refractivity contribution in [2.75, 3.05) is 25.2 Å². The normalized spacial score (nSPS) is 20.3. The first kappa shape index (κ1) is 23.3. The Morgan fingerprint density at radius 3 is 2.71 bits per heavy atom. The van der Waals surface area contributed by atoms with Crippen LogP contribution in [0.1, 0.15) is 52.0 Å². The van der Waals surface area contributed by atoms with E-state index in [0.29, 0.717) is 47.6 Å². The van der Waals surface area contributed by atoms with Gasteiger partial charge in [0.05, 0.1) is 12.7 Å². The van der Waals surface area contributed by atoms with Gasteiger partial charge in [-0.3, -0.25) is 4.79 Å². The van der Waals surface area contributed by atoms with E-state index in [1.165, 1.54) is 7.11 Å². The smallest absolute Gasteiger partial charge is 0.336 e. The van der Waals surface area contributed by atoms with Gasteiger partial charge in [0, 0.05) is 35.1 Å². The van der Waals surface area contributed by atoms with Gasteiger partial charge in [-0.15, -0.1) is 0 Å². The Kier molecular flexibility index (Phi) is 7.04. The van der Waals surface area contributed by atoms with Crippen LogP contribution in [-0.4, -0.2) is 42.1 Å². The molecule has 2 N–H and O–H groups in total. The van der Waals surface area contributed by atoms with Gasteiger partial charge in [0.25, 0.3) is 0 Å². The third kappa shape index (κ3) is 4.92. The van der Waals surface area contributed by atoms with Crippen molar-refractivity contribution < 1.29 is 24.2 Å². The number of esters is 1. The molecule has 2 aliphatic rings. The Balaban J connectivity index is 2.06. The highest BCUT2D eigenvalue weighted by Crippen LogP contribution is 2.47. The number of rotatable bonds is 7. The van der Waals surface area contributed by atoms with Gasteiger partial charge in [-0.2, -0.15) is 11.8 Å². The van der Waals surface area contributed by atoms with Crippen LogP contribution in [0.4, 0.5) is 0 Å². The van der Waals surface area contributed by atoms with E-state index in [4.69, 9.17) is 9.47 Å². The van der Waals surface area contributed by atoms with Crippen LogP contribution < -0.4 is 10.1 Å². The molecule has 1 aromatic rings. The highest BCUT2D eigenvalue weighted by atomic mass is 32.2. The lowest BCUT2D eigenvalue weighted by atomic mass is 9.68. The van der Waals surface area contributed by atoms with Gasteiger partial charge in [-0.25, -0.2) is 4.79 Å². The molecule has 6 nitrogen and oxygen atoms in total. The molecule has 0 amide bonds. The topological polar surface area (TPSA) is 84.9 Å². The third-order valence-corrected chi connectivity index (χ3v) is 6.52. The number of ether oxygens (including phenoxy) is 2. The van der Waals surface area contributed by atoms with Crippen LogP contribution in [0, 0.1) is 5.41 Å². The Hall–Kier alpha value is -2.41. The van der Waals surface area contributed by atoms with Crippen LogP contribution in [-0.2, 0) is 14.3 Å². The molecule has 1 heterocycles. The molecule has 31 heavy (non-hydrogen) atoms. The largest absolute Gasteiger partial charge is 0.504 e. The molecule has 0 saturated heterocycles. The SMILES string of the molecule is CCSCCOC(=O)C1=C(C)NC2=C(C(=O)CC(C)(C)C2)[C@H]1c1ccc(OC)c(O)c1. The summed E-state index contributed by atoms with van der Waals surface area (Å²) in [6.07, 6.45) is 1.11. The number of dihydropyridines is 1. The minimum atomic E-state index is -0.594. The van der Waals surface area contributed by atoms with Gasteiger partial charge in [0.15, 0.2) is 17.3 Å². The number of methoxy groups -OCH3 is 1. The summed E-state index contributed by atoms with van der Waals surface area (Å²) < 4.78 is 10.7. The van der Waals surface area contributed by atoms with Crippen molar-refractivity contribution in [1.82, 2.24) is 5.32 Å². The van der Waals surface area contributed by atoms with Gasteiger partial charge < -0.3 is 19.9 Å². The van der Waals surface area contributed by atoms with Crippen LogP contribution >= 0.6 is 11.8 Å². The molecular weight excluding hydrogens is 414 g/mol. The number of benzene rings is 1. The molecule has 0 radical (unpaired) electrons. The van der Waals surface area contributed by atoms with Crippen LogP contribution in [0.5, 0.6) is 11.5 Å². The van der Waals surface area contributed by atoms with E-state index in [0.717, 1.165) is 17.2 Å². The van der Waals surface area contributed by atoms with Crippen molar-refractivity contribution in [3.63, 3.8) is 0 Å². The summed E-state index contributed by atoms with van der Waals surface area (Å²) in [5.41, 5.74) is 3.03. The summed E-state index contributed by atoms with van der Waals surface area (Å²) in [7, 11) is 1.48. The Morgan fingerprint density at radius 2 is 2.06 bits per heavy atom. The van der Waals surface area contributed by atoms with E-state index >= 15 is 0 Å². The quantitative estimate of drug-likeness (QED) is 0.478. The molecule has 1 atom stereocenters. The maximum atomic E-state index is 13.2. The number of phenols is 1. The Labute approximate surface area is 188 Å². The molecule has 0 saturated carbocycles. The first-order valence-electron chi connectivity index (χ1n) is 10.5. The second-order valence-corrected chi connectivity index (χ2v) is 10.1. The molecule has 7 heteroatoms. The number of thioether (sulfide) groups is 1. The molecule has 0 aromatic heterocycles. The van der Waals surface area contributed by atoms with Crippen molar-refractivity contribution in [2.45, 2.75) is 46.5 Å². The molecule has 0 unspecified atom stereocenters. The van der Waals surface area contributed by atoms with E-state index in [-0.39, 0.29) is 16.9 Å². The van der Waals surface area contributed by atoms with Gasteiger partial charge in [0.1, 0.15) is 6.61 Å². The number of carbonyl (C=O) groups excluding carboxylic acids is 2. The van der Waals surface area contributed by atoms with E-state index in [1.807, 2.05) is 6.92 Å². The highest BCUT2D eigenvalue weighted by Gasteiger charge is 2.43. The van der Waals surface area contributed by atoms with Crippen molar-refractivity contribution in [2.24, 2.45) is 5.41 Å². The van der Waals surface area contributed by atoms with E-state index in [9.17, 15) is 14.7 Å². The lowest BCUT2D eigenvalue weighted by Gasteiger charge is -2.39. The Morgan fingerprint density at radius 1 is 1.32 bits per heavy atom. The third-order valence-electron chi connectivity index (χ3n) is 5.66. The molecule has 1 aliphatic heterocycles. The molecule has 168 valence electrons. The lowest BCUT2D eigenvalue weighted by Crippen LogP contribution is -2.38. The lowest BCUT2D eigenvalue weighted by molar-refractivity contribution is -0.138. The zero-order chi connectivity index (χ0) is 22.8. The second-order valence-electron chi connectivity index (χ2n) is 8.69. The number of ketones is 1. The number of hydrogen-bond donors (Lipinski definition) is 2. The molecule has 3 rings (SSSR count). The van der Waals surface area contributed by atoms with Crippen LogP contribution in [0.15, 0.2) is 40.7 Å². The predicted octanol–water partition coefficient (Wildman–Crippen LogP) is 4.30. The fourth-order valence-corrected chi connectivity index (χ4v) is 4.83. The standard InChI is InChI=1S/C24H31NO5S/c1-6-31-10-9-30-23(28)20-14(2)25-16-12-24(3,4)13-18(27)22(16)21(20)15-7-8-19(29-5)17(26)11-15/h7-8,11,21,25-26H,6,9-10,12-13H2,1-5H3/t21-/m0/s1. The minimum absolute atomic E-state index is 0.0124. The van der Waals surface area contributed by atoms with Crippen molar-refractivity contribution in [1.29, 1.82) is 0 Å². The second kappa shape index (κ2) is 9.39. The van der Waals surface area contributed by atoms with E-state index in [2.05, 4.69) is 26.1 Å².